The van der Waals surface area contributed by atoms with Gasteiger partial charge in [0, 0.05) is 24.4 Å². The highest BCUT2D eigenvalue weighted by molar-refractivity contribution is 7.16. The first-order valence-corrected chi connectivity index (χ1v) is 10.7. The molecule has 1 N–H and O–H groups in total. The maximum absolute atomic E-state index is 12.4. The number of nitrogens with zero attached hydrogens (tertiary/aromatic N) is 2. The minimum atomic E-state index is -0.0578. The fraction of sp³-hybridized carbons (Fsp3) is 0.455. The van der Waals surface area contributed by atoms with E-state index in [1.807, 2.05) is 31.3 Å². The number of methoxy groups -OCH3 is 1. The van der Waals surface area contributed by atoms with E-state index in [0.29, 0.717) is 48.2 Å². The van der Waals surface area contributed by atoms with Gasteiger partial charge in [-0.25, -0.2) is 0 Å². The zero-order valence-corrected chi connectivity index (χ0v) is 17.8. The van der Waals surface area contributed by atoms with Crippen LogP contribution in [-0.4, -0.2) is 44.7 Å². The molecule has 0 saturated heterocycles. The van der Waals surface area contributed by atoms with Gasteiger partial charge in [-0.1, -0.05) is 12.1 Å². The fourth-order valence-corrected chi connectivity index (χ4v) is 4.67. The Balaban J connectivity index is 1.44. The molecular formula is C22H27N3O3S. The number of aryl methyl sites for hydroxylation is 1. The van der Waals surface area contributed by atoms with Gasteiger partial charge in [0.05, 0.1) is 12.7 Å². The molecule has 0 atom stereocenters. The van der Waals surface area contributed by atoms with E-state index in [9.17, 15) is 10.1 Å². The van der Waals surface area contributed by atoms with Gasteiger partial charge in [-0.2, -0.15) is 5.26 Å². The lowest BCUT2D eigenvalue weighted by molar-refractivity contribution is -0.116. The minimum absolute atomic E-state index is 0.0578. The van der Waals surface area contributed by atoms with Crippen LogP contribution in [0.3, 0.4) is 0 Å². The number of benzene rings is 1. The topological polar surface area (TPSA) is 74.6 Å². The van der Waals surface area contributed by atoms with Crippen molar-refractivity contribution in [2.45, 2.75) is 32.1 Å². The van der Waals surface area contributed by atoms with E-state index in [1.54, 1.807) is 18.4 Å². The summed E-state index contributed by atoms with van der Waals surface area (Å²) in [7, 11) is 3.58. The Kier molecular flexibility index (Phi) is 7.50. The van der Waals surface area contributed by atoms with Gasteiger partial charge >= 0.3 is 0 Å². The standard InChI is InChI=1S/C22H27N3O3S/c1-25(13-14-28-19-9-5-4-8-18(19)27-2)12-11-21(26)24-22-17(15-23)16-7-3-6-10-20(16)29-22/h4-5,8-9H,3,6-7,10-14H2,1-2H3,(H,24,26). The number of hydrogen-bond donors (Lipinski definition) is 1. The first-order valence-electron chi connectivity index (χ1n) is 9.91. The number of nitriles is 1. The van der Waals surface area contributed by atoms with Crippen molar-refractivity contribution in [3.8, 4) is 17.6 Å². The smallest absolute Gasteiger partial charge is 0.226 e. The third-order valence-corrected chi connectivity index (χ3v) is 6.26. The second kappa shape index (κ2) is 10.3. The van der Waals surface area contributed by atoms with Gasteiger partial charge in [-0.05, 0) is 50.4 Å². The normalized spacial score (nSPS) is 12.9. The molecule has 1 heterocycles. The number of hydrogen-bond acceptors (Lipinski definition) is 6. The van der Waals surface area contributed by atoms with Crippen LogP contribution < -0.4 is 14.8 Å². The Labute approximate surface area is 176 Å². The largest absolute Gasteiger partial charge is 0.493 e. The van der Waals surface area contributed by atoms with Crippen molar-refractivity contribution in [3.05, 3.63) is 40.3 Å². The molecule has 1 aromatic carbocycles. The third-order valence-electron chi connectivity index (χ3n) is 5.06. The van der Waals surface area contributed by atoms with E-state index in [0.717, 1.165) is 31.2 Å². The summed E-state index contributed by atoms with van der Waals surface area (Å²) in [6, 6.07) is 9.83. The molecule has 154 valence electrons. The molecule has 0 radical (unpaired) electrons. The van der Waals surface area contributed by atoms with E-state index >= 15 is 0 Å². The van der Waals surface area contributed by atoms with Crippen molar-refractivity contribution < 1.29 is 14.3 Å². The van der Waals surface area contributed by atoms with Crippen molar-refractivity contribution in [2.75, 3.05) is 39.2 Å². The zero-order valence-electron chi connectivity index (χ0n) is 17.0. The Bertz CT molecular complexity index is 888. The third kappa shape index (κ3) is 5.49. The summed E-state index contributed by atoms with van der Waals surface area (Å²) in [5.41, 5.74) is 1.81. The van der Waals surface area contributed by atoms with Crippen LogP contribution in [-0.2, 0) is 17.6 Å². The van der Waals surface area contributed by atoms with Gasteiger partial charge in [0.25, 0.3) is 0 Å². The number of thiophene rings is 1. The Morgan fingerprint density at radius 2 is 2.00 bits per heavy atom. The number of carbonyl (C=O) groups is 1. The summed E-state index contributed by atoms with van der Waals surface area (Å²) in [6.07, 6.45) is 4.61. The van der Waals surface area contributed by atoms with Crippen molar-refractivity contribution in [1.82, 2.24) is 4.90 Å². The summed E-state index contributed by atoms with van der Waals surface area (Å²) >= 11 is 1.56. The Hall–Kier alpha value is -2.56. The highest BCUT2D eigenvalue weighted by Gasteiger charge is 2.21. The van der Waals surface area contributed by atoms with E-state index in [4.69, 9.17) is 9.47 Å². The average molecular weight is 414 g/mol. The average Bonchev–Trinajstić information content (AvgIpc) is 3.09. The van der Waals surface area contributed by atoms with Crippen molar-refractivity contribution in [2.24, 2.45) is 0 Å². The summed E-state index contributed by atoms with van der Waals surface area (Å²) in [5.74, 6) is 1.37. The van der Waals surface area contributed by atoms with Gasteiger partial charge in [-0.15, -0.1) is 11.3 Å². The van der Waals surface area contributed by atoms with Crippen LogP contribution in [0.5, 0.6) is 11.5 Å². The fourth-order valence-electron chi connectivity index (χ4n) is 3.42. The van der Waals surface area contributed by atoms with E-state index in [1.165, 1.54) is 4.88 Å². The second-order valence-corrected chi connectivity index (χ2v) is 8.23. The lowest BCUT2D eigenvalue weighted by Gasteiger charge is -2.17. The number of carbonyl (C=O) groups excluding carboxylic acids is 1. The van der Waals surface area contributed by atoms with Crippen molar-refractivity contribution in [3.63, 3.8) is 0 Å². The summed E-state index contributed by atoms with van der Waals surface area (Å²) in [5, 5.41) is 13.2. The predicted molar refractivity (Wildman–Crippen MR) is 115 cm³/mol. The van der Waals surface area contributed by atoms with Gasteiger partial charge in [0.15, 0.2) is 11.5 Å². The monoisotopic (exact) mass is 413 g/mol. The maximum Gasteiger partial charge on any atom is 0.226 e. The van der Waals surface area contributed by atoms with Gasteiger partial charge in [-0.3, -0.25) is 4.79 Å². The molecule has 0 bridgehead atoms. The van der Waals surface area contributed by atoms with E-state index < -0.39 is 0 Å². The number of likely N-dealkylation sites (N-methyl/N-ethyl adjacent to an activating group) is 1. The highest BCUT2D eigenvalue weighted by atomic mass is 32.1. The molecule has 7 heteroatoms. The van der Waals surface area contributed by atoms with Crippen LogP contribution in [0, 0.1) is 11.3 Å². The zero-order chi connectivity index (χ0) is 20.6. The highest BCUT2D eigenvalue weighted by Crippen LogP contribution is 2.37. The SMILES string of the molecule is COc1ccccc1OCCN(C)CCC(=O)Nc1sc2c(c1C#N)CCCC2. The lowest BCUT2D eigenvalue weighted by Crippen LogP contribution is -2.28. The molecule has 2 aromatic rings. The molecule has 0 aliphatic heterocycles. The predicted octanol–water partition coefficient (Wildman–Crippen LogP) is 3.85. The molecule has 0 unspecified atom stereocenters. The van der Waals surface area contributed by atoms with Crippen LogP contribution in [0.1, 0.15) is 35.3 Å². The number of amides is 1. The lowest BCUT2D eigenvalue weighted by atomic mass is 9.96. The van der Waals surface area contributed by atoms with E-state index in [2.05, 4.69) is 16.3 Å². The minimum Gasteiger partial charge on any atom is -0.493 e. The first-order chi connectivity index (χ1) is 14.1. The Morgan fingerprint density at radius 3 is 2.76 bits per heavy atom. The second-order valence-electron chi connectivity index (χ2n) is 7.13. The molecule has 0 fully saturated rings. The molecule has 1 aliphatic rings. The molecule has 1 aromatic heterocycles. The van der Waals surface area contributed by atoms with Crippen molar-refractivity contribution in [1.29, 1.82) is 5.26 Å². The van der Waals surface area contributed by atoms with Gasteiger partial charge < -0.3 is 19.7 Å². The number of nitrogens with one attached hydrogen (secondary N) is 1. The summed E-state index contributed by atoms with van der Waals surface area (Å²) < 4.78 is 11.1. The van der Waals surface area contributed by atoms with Crippen LogP contribution in [0.25, 0.3) is 0 Å². The molecule has 1 amide bonds. The van der Waals surface area contributed by atoms with Crippen molar-refractivity contribution >= 4 is 22.2 Å². The maximum atomic E-state index is 12.4. The van der Waals surface area contributed by atoms with Crippen LogP contribution in [0.15, 0.2) is 24.3 Å². The van der Waals surface area contributed by atoms with Crippen LogP contribution >= 0.6 is 11.3 Å². The molecule has 1 aliphatic carbocycles. The summed E-state index contributed by atoms with van der Waals surface area (Å²) in [4.78, 5) is 15.7. The number of ether oxygens (including phenoxy) is 2. The van der Waals surface area contributed by atoms with Crippen LogP contribution in [0.2, 0.25) is 0 Å². The van der Waals surface area contributed by atoms with Crippen LogP contribution in [0.4, 0.5) is 5.00 Å². The van der Waals surface area contributed by atoms with Gasteiger partial charge in [0.1, 0.15) is 17.7 Å². The number of para-hydroxylation sites is 2. The number of fused-ring (bicyclic) bond motifs is 1. The Morgan fingerprint density at radius 1 is 1.24 bits per heavy atom. The molecular weight excluding hydrogens is 386 g/mol. The molecule has 6 nitrogen and oxygen atoms in total. The van der Waals surface area contributed by atoms with Gasteiger partial charge in [0.2, 0.25) is 5.91 Å². The molecule has 0 saturated carbocycles. The summed E-state index contributed by atoms with van der Waals surface area (Å²) in [6.45, 7) is 1.82. The molecule has 3 rings (SSSR count). The number of rotatable bonds is 9. The first kappa shape index (κ1) is 21.2. The molecule has 29 heavy (non-hydrogen) atoms. The quantitative estimate of drug-likeness (QED) is 0.676. The number of anilines is 1. The molecule has 0 spiro atoms. The van der Waals surface area contributed by atoms with E-state index in [-0.39, 0.29) is 5.91 Å².